The Morgan fingerprint density at radius 3 is 2.57 bits per heavy atom. The average molecular weight is 663 g/mol. The van der Waals surface area contributed by atoms with Gasteiger partial charge in [-0.25, -0.2) is 23.2 Å². The molecule has 0 amide bonds. The van der Waals surface area contributed by atoms with E-state index < -0.39 is 88.5 Å². The zero-order valence-corrected chi connectivity index (χ0v) is 23.7. The van der Waals surface area contributed by atoms with Crippen LogP contribution in [0, 0.1) is 0 Å². The highest BCUT2D eigenvalue weighted by molar-refractivity contribution is 8.08. The number of aliphatic hydroxyl groups is 6. The highest BCUT2D eigenvalue weighted by Gasteiger charge is 2.56. The monoisotopic (exact) mass is 663 g/mol. The van der Waals surface area contributed by atoms with Crippen LogP contribution in [0.1, 0.15) is 11.7 Å². The van der Waals surface area contributed by atoms with E-state index in [0.717, 1.165) is 16.9 Å². The molecule has 4 rings (SSSR count). The van der Waals surface area contributed by atoms with Crippen LogP contribution in [0.4, 0.5) is 10.3 Å². The molecule has 0 spiro atoms. The number of alkyl halides is 1. The molecule has 10 N–H and O–H groups in total. The van der Waals surface area contributed by atoms with Crippen molar-refractivity contribution in [3.8, 4) is 0 Å². The van der Waals surface area contributed by atoms with E-state index in [-0.39, 0.29) is 17.2 Å². The van der Waals surface area contributed by atoms with Gasteiger partial charge in [0.05, 0.1) is 19.4 Å². The van der Waals surface area contributed by atoms with Crippen LogP contribution in [0.2, 0.25) is 0 Å². The van der Waals surface area contributed by atoms with E-state index in [1.807, 2.05) is 0 Å². The fraction of sp³-hybridized carbons (Fsp3) is 0.632. The molecule has 23 heteroatoms. The normalized spacial score (nSPS) is 37.3. The van der Waals surface area contributed by atoms with Gasteiger partial charge in [-0.2, -0.15) is 9.61 Å². The summed E-state index contributed by atoms with van der Waals surface area (Å²) >= 11 is 4.72. The number of fused-ring (bicyclic) bond motifs is 1. The summed E-state index contributed by atoms with van der Waals surface area (Å²) in [6.45, 7) is -3.23. The summed E-state index contributed by atoms with van der Waals surface area (Å²) < 4.78 is 52.3. The number of halogens is 1. The molecule has 0 aromatic carbocycles. The number of hydrogen-bond donors (Lipinski definition) is 9. The molecular formula is C19H28FN5O14P2S. The number of aromatic nitrogens is 4. The van der Waals surface area contributed by atoms with Crippen LogP contribution >= 0.6 is 14.5 Å². The minimum absolute atomic E-state index is 0.0362. The molecule has 0 saturated carbocycles. The van der Waals surface area contributed by atoms with E-state index >= 15 is 0 Å². The number of nitrogens with two attached hydrogens (primary N) is 1. The second-order valence-corrected chi connectivity index (χ2v) is 13.6. The number of hydrogen-bond acceptors (Lipinski definition) is 17. The summed E-state index contributed by atoms with van der Waals surface area (Å²) in [4.78, 5) is 28.3. The number of rotatable bonds is 11. The fourth-order valence-electron chi connectivity index (χ4n) is 4.36. The zero-order valence-electron chi connectivity index (χ0n) is 21.1. The van der Waals surface area contributed by atoms with Gasteiger partial charge >= 0.3 is 14.5 Å². The Balaban J connectivity index is 1.44. The maximum atomic E-state index is 13.9. The summed E-state index contributed by atoms with van der Waals surface area (Å²) in [5.41, 5.74) is 3.88. The molecule has 2 aromatic rings. The van der Waals surface area contributed by atoms with Crippen LogP contribution in [-0.2, 0) is 39.2 Å². The van der Waals surface area contributed by atoms with Gasteiger partial charge in [0, 0.05) is 5.56 Å². The van der Waals surface area contributed by atoms with Crippen LogP contribution in [0.5, 0.6) is 0 Å². The van der Waals surface area contributed by atoms with Gasteiger partial charge in [-0.3, -0.25) is 4.52 Å². The molecule has 7 unspecified atom stereocenters. The van der Waals surface area contributed by atoms with E-state index in [9.17, 15) is 44.3 Å². The van der Waals surface area contributed by atoms with Crippen molar-refractivity contribution in [2.24, 2.45) is 0 Å². The number of phosphoric acid groups is 1. The summed E-state index contributed by atoms with van der Waals surface area (Å²) in [6.07, 6.45) is -14.2. The van der Waals surface area contributed by atoms with Crippen LogP contribution in [0.25, 0.3) is 5.65 Å². The first-order valence-corrected chi connectivity index (χ1v) is 15.9. The first-order chi connectivity index (χ1) is 19.5. The first-order valence-electron chi connectivity index (χ1n) is 11.8. The molecule has 0 aliphatic carbocycles. The zero-order chi connectivity index (χ0) is 31.2. The number of ether oxygens (including phenoxy) is 2. The molecule has 12 atom stereocenters. The van der Waals surface area contributed by atoms with E-state index in [4.69, 9.17) is 36.6 Å². The Morgan fingerprint density at radius 1 is 1.24 bits per heavy atom. The molecule has 2 aliphatic heterocycles. The standard InChI is InChI=1S/C19H28FN5O14P2S/c1-2-19(31)14(30)9(36-15(19)7-3-24-25-16(7)22-6-23-18(25)21)5-35-41(34,42)39-40(32,33)38-17-12(29)10(27)11(28)13(37-17)8(20)4-26/h2-3,6,8-15,17,26-31H,1,4-5H2,(H,32,33)(H,34,42)(H2,21,22,23)/t8-,9+,10?,11?,12?,13?,14+,15-,17?,19+,41?/m0/s1. The van der Waals surface area contributed by atoms with Crippen molar-refractivity contribution >= 4 is 37.9 Å². The molecule has 0 bridgehead atoms. The van der Waals surface area contributed by atoms with Crippen molar-refractivity contribution in [3.05, 3.63) is 30.7 Å². The number of phosphoric ester groups is 1. The summed E-state index contributed by atoms with van der Waals surface area (Å²) in [5, 5.41) is 64.7. The van der Waals surface area contributed by atoms with Gasteiger partial charge in [0.1, 0.15) is 54.7 Å². The number of nitrogens with zero attached hydrogens (tertiary/aromatic N) is 4. The minimum atomic E-state index is -5.52. The number of nitrogen functional groups attached to an aromatic ring is 1. The topological polar surface area (TPSA) is 294 Å². The fourth-order valence-corrected chi connectivity index (χ4v) is 7.46. The third-order valence-corrected chi connectivity index (χ3v) is 10.0. The molecule has 2 fully saturated rings. The van der Waals surface area contributed by atoms with Gasteiger partial charge in [0.15, 0.2) is 18.1 Å². The quantitative estimate of drug-likeness (QED) is 0.0851. The van der Waals surface area contributed by atoms with Crippen LogP contribution in [0.15, 0.2) is 25.2 Å². The van der Waals surface area contributed by atoms with Crippen molar-refractivity contribution in [3.63, 3.8) is 0 Å². The van der Waals surface area contributed by atoms with E-state index in [0.29, 0.717) is 0 Å². The molecule has 0 radical (unpaired) electrons. The Bertz CT molecular complexity index is 1390. The summed E-state index contributed by atoms with van der Waals surface area (Å²) in [6, 6.07) is 0. The lowest BCUT2D eigenvalue weighted by Crippen LogP contribution is -2.60. The SMILES string of the molecule is C=C[C@@]1(O)[C@H](O)[C@@H](COP(O)(=S)OP(=O)(O)OC2OC([C@@H](F)CO)C(O)C(O)C2O)O[C@H]1c1cnn2c(N)ncnc12. The highest BCUT2D eigenvalue weighted by atomic mass is 32.5. The summed E-state index contributed by atoms with van der Waals surface area (Å²) in [5.74, 6) is -0.0362. The molecule has 2 aromatic heterocycles. The Labute approximate surface area is 240 Å². The molecule has 2 aliphatic rings. The van der Waals surface area contributed by atoms with Crippen molar-refractivity contribution < 1.29 is 72.2 Å². The van der Waals surface area contributed by atoms with Crippen LogP contribution in [-0.4, -0.2) is 128 Å². The van der Waals surface area contributed by atoms with Gasteiger partial charge in [0.25, 0.3) is 0 Å². The predicted octanol–water partition coefficient (Wildman–Crippen LogP) is -3.07. The lowest BCUT2D eigenvalue weighted by Gasteiger charge is -2.41. The van der Waals surface area contributed by atoms with Crippen molar-refractivity contribution in [1.29, 1.82) is 0 Å². The van der Waals surface area contributed by atoms with Gasteiger partial charge in [-0.1, -0.05) is 6.08 Å². The lowest BCUT2D eigenvalue weighted by atomic mass is 9.88. The first kappa shape index (κ1) is 33.3. The number of aliphatic hydroxyl groups excluding tert-OH is 5. The highest BCUT2D eigenvalue weighted by Crippen LogP contribution is 2.62. The molecule has 4 heterocycles. The molecule has 19 nitrogen and oxygen atoms in total. The average Bonchev–Trinajstić information content (AvgIpc) is 3.46. The van der Waals surface area contributed by atoms with Crippen molar-refractivity contribution in [2.75, 3.05) is 18.9 Å². The molecule has 236 valence electrons. The second-order valence-electron chi connectivity index (χ2n) is 9.22. The van der Waals surface area contributed by atoms with E-state index in [1.54, 1.807) is 0 Å². The van der Waals surface area contributed by atoms with Crippen molar-refractivity contribution in [1.82, 2.24) is 19.6 Å². The second kappa shape index (κ2) is 12.4. The Kier molecular flexibility index (Phi) is 9.83. The minimum Gasteiger partial charge on any atom is -0.393 e. The molecule has 2 saturated heterocycles. The molecular weight excluding hydrogens is 635 g/mol. The summed E-state index contributed by atoms with van der Waals surface area (Å²) in [7, 11) is -5.52. The predicted molar refractivity (Wildman–Crippen MR) is 137 cm³/mol. The van der Waals surface area contributed by atoms with Crippen molar-refractivity contribution in [2.45, 2.75) is 60.8 Å². The van der Waals surface area contributed by atoms with Gasteiger partial charge < -0.3 is 60.2 Å². The van der Waals surface area contributed by atoms with E-state index in [1.165, 1.54) is 6.20 Å². The third kappa shape index (κ3) is 6.42. The smallest absolute Gasteiger partial charge is 0.393 e. The van der Waals surface area contributed by atoms with Crippen LogP contribution in [0.3, 0.4) is 0 Å². The maximum Gasteiger partial charge on any atom is 0.481 e. The maximum absolute atomic E-state index is 13.9. The van der Waals surface area contributed by atoms with E-state index in [2.05, 4.69) is 30.5 Å². The number of anilines is 1. The van der Waals surface area contributed by atoms with Gasteiger partial charge in [0.2, 0.25) is 5.95 Å². The molecule has 42 heavy (non-hydrogen) atoms. The third-order valence-electron chi connectivity index (χ3n) is 6.51. The Morgan fingerprint density at radius 2 is 1.93 bits per heavy atom. The lowest BCUT2D eigenvalue weighted by molar-refractivity contribution is -0.287. The largest absolute Gasteiger partial charge is 0.481 e. The van der Waals surface area contributed by atoms with Gasteiger partial charge in [-0.15, -0.1) is 6.58 Å². The Hall–Kier alpha value is -1.62. The van der Waals surface area contributed by atoms with Crippen LogP contribution < -0.4 is 5.73 Å². The van der Waals surface area contributed by atoms with Gasteiger partial charge in [-0.05, 0) is 11.8 Å².